The van der Waals surface area contributed by atoms with E-state index in [4.69, 9.17) is 4.74 Å². The summed E-state index contributed by atoms with van der Waals surface area (Å²) in [6.07, 6.45) is -4.68. The number of aryl methyl sites for hydroxylation is 1. The summed E-state index contributed by atoms with van der Waals surface area (Å²) in [6.45, 7) is 1.70. The largest absolute Gasteiger partial charge is 0.507 e. The highest BCUT2D eigenvalue weighted by atomic mass is 19.4. The predicted molar refractivity (Wildman–Crippen MR) is 120 cm³/mol. The first-order valence-electron chi connectivity index (χ1n) is 10.4. The highest BCUT2D eigenvalue weighted by molar-refractivity contribution is 6.51. The lowest BCUT2D eigenvalue weighted by atomic mass is 9.92. The van der Waals surface area contributed by atoms with E-state index < -0.39 is 46.6 Å². The van der Waals surface area contributed by atoms with E-state index in [1.54, 1.807) is 31.2 Å². The highest BCUT2D eigenvalue weighted by Crippen LogP contribution is 2.45. The molecule has 0 bridgehead atoms. The summed E-state index contributed by atoms with van der Waals surface area (Å²) in [5.41, 5.74) is -0.735. The first kappa shape index (κ1) is 24.0. The van der Waals surface area contributed by atoms with Crippen LogP contribution in [0.15, 0.2) is 72.3 Å². The number of hydrogen-bond acceptors (Lipinski definition) is 4. The molecular formula is C26H19F4NO4. The zero-order valence-corrected chi connectivity index (χ0v) is 18.6. The number of rotatable bonds is 4. The monoisotopic (exact) mass is 485 g/mol. The SMILES string of the molecule is COc1ccc(F)cc1/C(O)=C1\C(=O)C(=O)N(c2cccc(C(F)(F)F)c2)C1c1ccccc1C. The first-order valence-corrected chi connectivity index (χ1v) is 10.4. The molecule has 0 spiro atoms. The molecule has 0 aromatic heterocycles. The van der Waals surface area contributed by atoms with Crippen molar-refractivity contribution in [3.63, 3.8) is 0 Å². The molecule has 1 fully saturated rings. The molecule has 1 saturated heterocycles. The second-order valence-electron chi connectivity index (χ2n) is 7.92. The van der Waals surface area contributed by atoms with Gasteiger partial charge >= 0.3 is 6.18 Å². The van der Waals surface area contributed by atoms with Gasteiger partial charge in [0.25, 0.3) is 11.7 Å². The van der Waals surface area contributed by atoms with Gasteiger partial charge in [-0.15, -0.1) is 0 Å². The zero-order chi connectivity index (χ0) is 25.5. The molecule has 0 aliphatic carbocycles. The van der Waals surface area contributed by atoms with E-state index in [0.29, 0.717) is 11.1 Å². The van der Waals surface area contributed by atoms with Gasteiger partial charge in [0.2, 0.25) is 0 Å². The van der Waals surface area contributed by atoms with E-state index in [0.717, 1.165) is 35.2 Å². The molecule has 1 aliphatic heterocycles. The van der Waals surface area contributed by atoms with Crippen LogP contribution in [0.1, 0.15) is 28.3 Å². The Balaban J connectivity index is 2.01. The molecule has 180 valence electrons. The highest BCUT2D eigenvalue weighted by Gasteiger charge is 2.48. The van der Waals surface area contributed by atoms with Gasteiger partial charge < -0.3 is 9.84 Å². The Kier molecular flexibility index (Phi) is 6.10. The molecule has 3 aromatic carbocycles. The maximum absolute atomic E-state index is 14.0. The van der Waals surface area contributed by atoms with Gasteiger partial charge in [0.1, 0.15) is 17.3 Å². The zero-order valence-electron chi connectivity index (χ0n) is 18.6. The Hall–Kier alpha value is -4.14. The van der Waals surface area contributed by atoms with Gasteiger partial charge in [-0.05, 0) is 54.4 Å². The minimum absolute atomic E-state index is 0.0395. The van der Waals surface area contributed by atoms with Crippen molar-refractivity contribution in [2.24, 2.45) is 0 Å². The number of aliphatic hydroxyl groups is 1. The Labute approximate surface area is 197 Å². The third kappa shape index (κ3) is 4.25. The van der Waals surface area contributed by atoms with Crippen LogP contribution in [0.4, 0.5) is 23.2 Å². The number of anilines is 1. The third-order valence-electron chi connectivity index (χ3n) is 5.80. The number of halogens is 4. The Bertz CT molecular complexity index is 1360. The molecule has 1 unspecified atom stereocenters. The molecule has 4 rings (SSSR count). The maximum atomic E-state index is 14.0. The topological polar surface area (TPSA) is 66.8 Å². The van der Waals surface area contributed by atoms with Crippen molar-refractivity contribution in [1.29, 1.82) is 0 Å². The van der Waals surface area contributed by atoms with Crippen LogP contribution in [-0.4, -0.2) is 23.9 Å². The van der Waals surface area contributed by atoms with E-state index >= 15 is 0 Å². The molecule has 35 heavy (non-hydrogen) atoms. The fourth-order valence-electron chi connectivity index (χ4n) is 4.13. The standard InChI is InChI=1S/C26H19F4NO4/c1-14-6-3-4-9-18(14)22-21(23(32)19-13-16(27)10-11-20(19)35-2)24(33)25(34)31(22)17-8-5-7-15(12-17)26(28,29)30/h3-13,22,32H,1-2H3/b23-21+. The van der Waals surface area contributed by atoms with Crippen LogP contribution in [0.3, 0.4) is 0 Å². The molecule has 1 N–H and O–H groups in total. The van der Waals surface area contributed by atoms with Crippen LogP contribution < -0.4 is 9.64 Å². The molecule has 1 aliphatic rings. The first-order chi connectivity index (χ1) is 16.5. The van der Waals surface area contributed by atoms with Crippen LogP contribution >= 0.6 is 0 Å². The van der Waals surface area contributed by atoms with Gasteiger partial charge in [-0.1, -0.05) is 30.3 Å². The van der Waals surface area contributed by atoms with Crippen molar-refractivity contribution >= 4 is 23.1 Å². The van der Waals surface area contributed by atoms with Gasteiger partial charge in [0, 0.05) is 5.69 Å². The van der Waals surface area contributed by atoms with E-state index in [1.165, 1.54) is 19.2 Å². The number of ketones is 1. The summed E-state index contributed by atoms with van der Waals surface area (Å²) in [5.74, 6) is -3.65. The lowest BCUT2D eigenvalue weighted by Gasteiger charge is -2.27. The van der Waals surface area contributed by atoms with Gasteiger partial charge in [0.05, 0.1) is 29.9 Å². The number of hydrogen-bond donors (Lipinski definition) is 1. The molecule has 1 atom stereocenters. The fourth-order valence-corrected chi connectivity index (χ4v) is 4.13. The second kappa shape index (κ2) is 8.90. The molecule has 0 saturated carbocycles. The summed E-state index contributed by atoms with van der Waals surface area (Å²) in [4.78, 5) is 27.3. The molecular weight excluding hydrogens is 466 g/mol. The molecule has 9 heteroatoms. The molecule has 3 aromatic rings. The Morgan fingerprint density at radius 2 is 1.71 bits per heavy atom. The van der Waals surface area contributed by atoms with Crippen LogP contribution in [0, 0.1) is 12.7 Å². The third-order valence-corrected chi connectivity index (χ3v) is 5.80. The van der Waals surface area contributed by atoms with E-state index in [1.807, 2.05) is 0 Å². The van der Waals surface area contributed by atoms with Crippen molar-refractivity contribution in [2.75, 3.05) is 12.0 Å². The van der Waals surface area contributed by atoms with Crippen molar-refractivity contribution in [1.82, 2.24) is 0 Å². The number of carbonyl (C=O) groups is 2. The van der Waals surface area contributed by atoms with Gasteiger partial charge in [-0.3, -0.25) is 14.5 Å². The normalized spacial score (nSPS) is 17.7. The molecule has 5 nitrogen and oxygen atoms in total. The Morgan fingerprint density at radius 1 is 1.00 bits per heavy atom. The predicted octanol–water partition coefficient (Wildman–Crippen LogP) is 5.79. The number of carbonyl (C=O) groups excluding carboxylic acids is 2. The molecule has 0 radical (unpaired) electrons. The summed E-state index contributed by atoms with van der Waals surface area (Å²) in [7, 11) is 1.28. The van der Waals surface area contributed by atoms with Gasteiger partial charge in [-0.25, -0.2) is 4.39 Å². The number of aliphatic hydroxyl groups excluding tert-OH is 1. The van der Waals surface area contributed by atoms with Crippen LogP contribution in [-0.2, 0) is 15.8 Å². The molecule has 1 amide bonds. The quantitative estimate of drug-likeness (QED) is 0.220. The van der Waals surface area contributed by atoms with Gasteiger partial charge in [0.15, 0.2) is 0 Å². The summed E-state index contributed by atoms with van der Waals surface area (Å²) >= 11 is 0. The average Bonchev–Trinajstić information content (AvgIpc) is 3.08. The average molecular weight is 485 g/mol. The minimum Gasteiger partial charge on any atom is -0.507 e. The number of nitrogens with zero attached hydrogens (tertiary/aromatic N) is 1. The fraction of sp³-hybridized carbons (Fsp3) is 0.154. The minimum atomic E-state index is -4.68. The lowest BCUT2D eigenvalue weighted by Crippen LogP contribution is -2.30. The van der Waals surface area contributed by atoms with E-state index in [2.05, 4.69) is 0 Å². The molecule has 1 heterocycles. The van der Waals surface area contributed by atoms with Crippen molar-refractivity contribution in [3.8, 4) is 5.75 Å². The van der Waals surface area contributed by atoms with Crippen molar-refractivity contribution in [3.05, 3.63) is 100 Å². The Morgan fingerprint density at radius 3 is 2.37 bits per heavy atom. The van der Waals surface area contributed by atoms with Crippen molar-refractivity contribution < 1.29 is 37.0 Å². The van der Waals surface area contributed by atoms with Crippen LogP contribution in [0.5, 0.6) is 5.75 Å². The second-order valence-corrected chi connectivity index (χ2v) is 7.92. The van der Waals surface area contributed by atoms with Crippen LogP contribution in [0.25, 0.3) is 5.76 Å². The maximum Gasteiger partial charge on any atom is 0.416 e. The number of methoxy groups -OCH3 is 1. The number of alkyl halides is 3. The number of Topliss-reactive ketones (excluding diaryl/α,β-unsaturated/α-hetero) is 1. The smallest absolute Gasteiger partial charge is 0.416 e. The summed E-state index contributed by atoms with van der Waals surface area (Å²) < 4.78 is 59.4. The van der Waals surface area contributed by atoms with Crippen LogP contribution in [0.2, 0.25) is 0 Å². The summed E-state index contributed by atoms with van der Waals surface area (Å²) in [5, 5.41) is 11.2. The van der Waals surface area contributed by atoms with E-state index in [9.17, 15) is 32.3 Å². The lowest BCUT2D eigenvalue weighted by molar-refractivity contribution is -0.137. The van der Waals surface area contributed by atoms with Crippen molar-refractivity contribution in [2.45, 2.75) is 19.1 Å². The number of amides is 1. The number of benzene rings is 3. The summed E-state index contributed by atoms with van der Waals surface area (Å²) in [6, 6.07) is 12.7. The van der Waals surface area contributed by atoms with E-state index in [-0.39, 0.29) is 17.0 Å². The van der Waals surface area contributed by atoms with Gasteiger partial charge in [-0.2, -0.15) is 13.2 Å². The number of ether oxygens (including phenoxy) is 1.